The molecule has 0 radical (unpaired) electrons. The molecule has 1 aromatic heterocycles. The first-order valence-electron chi connectivity index (χ1n) is 6.96. The summed E-state index contributed by atoms with van der Waals surface area (Å²) >= 11 is 1.89. The van der Waals surface area contributed by atoms with Gasteiger partial charge in [-0.15, -0.1) is 0 Å². The zero-order valence-corrected chi connectivity index (χ0v) is 12.8. The van der Waals surface area contributed by atoms with Crippen molar-refractivity contribution in [2.45, 2.75) is 25.0 Å². The molecule has 1 heterocycles. The molecule has 1 aliphatic carbocycles. The van der Waals surface area contributed by atoms with E-state index in [0.717, 1.165) is 5.75 Å². The molecule has 0 fully saturated rings. The van der Waals surface area contributed by atoms with Crippen molar-refractivity contribution < 1.29 is 4.74 Å². The molecule has 3 heteroatoms. The normalized spacial score (nSPS) is 13.3. The molecule has 0 amide bonds. The molecule has 1 aromatic carbocycles. The molecule has 3 rings (SSSR count). The van der Waals surface area contributed by atoms with Crippen LogP contribution in [0.25, 0.3) is 11.1 Å². The Hall–Kier alpha value is -1.48. The maximum absolute atomic E-state index is 5.25. The summed E-state index contributed by atoms with van der Waals surface area (Å²) in [5.74, 6) is 1.75. The molecule has 20 heavy (non-hydrogen) atoms. The van der Waals surface area contributed by atoms with E-state index in [1.165, 1.54) is 36.0 Å². The maximum atomic E-state index is 5.25. The number of rotatable bonds is 4. The lowest BCUT2D eigenvalue weighted by atomic mass is 9.94. The van der Waals surface area contributed by atoms with Crippen LogP contribution in [0, 0.1) is 0 Å². The predicted molar refractivity (Wildman–Crippen MR) is 85.5 cm³/mol. The molecule has 0 saturated heterocycles. The second-order valence-electron chi connectivity index (χ2n) is 5.10. The van der Waals surface area contributed by atoms with E-state index in [9.17, 15) is 0 Å². The zero-order chi connectivity index (χ0) is 13.9. The Morgan fingerprint density at radius 1 is 1.25 bits per heavy atom. The van der Waals surface area contributed by atoms with Gasteiger partial charge in [0.1, 0.15) is 0 Å². The van der Waals surface area contributed by atoms with Gasteiger partial charge >= 0.3 is 0 Å². The van der Waals surface area contributed by atoms with Gasteiger partial charge in [0.05, 0.1) is 7.11 Å². The van der Waals surface area contributed by atoms with E-state index in [2.05, 4.69) is 29.4 Å². The highest BCUT2D eigenvalue weighted by Gasteiger charge is 2.18. The van der Waals surface area contributed by atoms with E-state index in [1.54, 1.807) is 18.2 Å². The monoisotopic (exact) mass is 285 g/mol. The van der Waals surface area contributed by atoms with Crippen LogP contribution in [0.2, 0.25) is 0 Å². The molecule has 0 aliphatic heterocycles. The molecule has 0 spiro atoms. The van der Waals surface area contributed by atoms with Crippen molar-refractivity contribution in [3.63, 3.8) is 0 Å². The lowest BCUT2D eigenvalue weighted by Crippen LogP contribution is -1.97. The maximum Gasteiger partial charge on any atom is 0.213 e. The standard InChI is InChI=1S/C17H19NOS/c1-19-17-10-13(8-9-18-17)15-7-6-12-4-3-5-14(12)16(15)11-20-2/h6-10H,3-5,11H2,1-2H3. The summed E-state index contributed by atoms with van der Waals surface area (Å²) in [5.41, 5.74) is 7.16. The van der Waals surface area contributed by atoms with E-state index >= 15 is 0 Å². The Kier molecular flexibility index (Phi) is 3.97. The van der Waals surface area contributed by atoms with E-state index in [0.29, 0.717) is 5.88 Å². The van der Waals surface area contributed by atoms with Gasteiger partial charge in [0.15, 0.2) is 0 Å². The number of benzene rings is 1. The average Bonchev–Trinajstić information content (AvgIpc) is 2.97. The minimum absolute atomic E-state index is 0.679. The second kappa shape index (κ2) is 5.88. The number of aromatic nitrogens is 1. The topological polar surface area (TPSA) is 22.1 Å². The van der Waals surface area contributed by atoms with Crippen molar-refractivity contribution in [1.29, 1.82) is 0 Å². The fraction of sp³-hybridized carbons (Fsp3) is 0.353. The third-order valence-corrected chi connectivity index (χ3v) is 4.52. The van der Waals surface area contributed by atoms with Crippen molar-refractivity contribution >= 4 is 11.8 Å². The lowest BCUT2D eigenvalue weighted by Gasteiger charge is -2.14. The Balaban J connectivity index is 2.12. The molecular formula is C17H19NOS. The molecule has 0 atom stereocenters. The number of hydrogen-bond acceptors (Lipinski definition) is 3. The van der Waals surface area contributed by atoms with Crippen LogP contribution in [0.4, 0.5) is 0 Å². The van der Waals surface area contributed by atoms with E-state index in [4.69, 9.17) is 4.74 Å². The highest BCUT2D eigenvalue weighted by molar-refractivity contribution is 7.97. The molecule has 0 unspecified atom stereocenters. The van der Waals surface area contributed by atoms with Crippen molar-refractivity contribution in [2.75, 3.05) is 13.4 Å². The molecule has 2 aromatic rings. The van der Waals surface area contributed by atoms with Crippen LogP contribution in [-0.4, -0.2) is 18.3 Å². The minimum Gasteiger partial charge on any atom is -0.481 e. The van der Waals surface area contributed by atoms with Crippen LogP contribution in [0.1, 0.15) is 23.1 Å². The van der Waals surface area contributed by atoms with Gasteiger partial charge in [-0.3, -0.25) is 0 Å². The number of hydrogen-bond donors (Lipinski definition) is 0. The van der Waals surface area contributed by atoms with Gasteiger partial charge in [-0.05, 0) is 59.4 Å². The molecule has 0 N–H and O–H groups in total. The number of aryl methyl sites for hydroxylation is 1. The van der Waals surface area contributed by atoms with Gasteiger partial charge in [-0.1, -0.05) is 12.1 Å². The van der Waals surface area contributed by atoms with E-state index in [-0.39, 0.29) is 0 Å². The predicted octanol–water partition coefficient (Wildman–Crippen LogP) is 4.11. The average molecular weight is 285 g/mol. The number of pyridine rings is 1. The SMILES string of the molecule is COc1cc(-c2ccc3c(c2CSC)CCC3)ccn1. The van der Waals surface area contributed by atoms with Crippen LogP contribution >= 0.6 is 11.8 Å². The zero-order valence-electron chi connectivity index (χ0n) is 12.0. The summed E-state index contributed by atoms with van der Waals surface area (Å²) < 4.78 is 5.25. The molecule has 1 aliphatic rings. The largest absolute Gasteiger partial charge is 0.481 e. The van der Waals surface area contributed by atoms with Crippen molar-refractivity contribution in [2.24, 2.45) is 0 Å². The fourth-order valence-corrected chi connectivity index (χ4v) is 3.63. The first-order chi connectivity index (χ1) is 9.83. The third kappa shape index (κ3) is 2.42. The van der Waals surface area contributed by atoms with Crippen molar-refractivity contribution in [1.82, 2.24) is 4.98 Å². The van der Waals surface area contributed by atoms with Crippen LogP contribution in [-0.2, 0) is 18.6 Å². The third-order valence-electron chi connectivity index (χ3n) is 3.94. The van der Waals surface area contributed by atoms with E-state index in [1.807, 2.05) is 24.0 Å². The van der Waals surface area contributed by atoms with Gasteiger partial charge in [0, 0.05) is 18.0 Å². The molecule has 104 valence electrons. The number of fused-ring (bicyclic) bond motifs is 1. The molecule has 0 saturated carbocycles. The quantitative estimate of drug-likeness (QED) is 0.844. The van der Waals surface area contributed by atoms with Crippen molar-refractivity contribution in [3.8, 4) is 17.0 Å². The smallest absolute Gasteiger partial charge is 0.213 e. The first kappa shape index (κ1) is 13.5. The fourth-order valence-electron chi connectivity index (χ4n) is 3.01. The Labute approximate surface area is 124 Å². The highest BCUT2D eigenvalue weighted by Crippen LogP contribution is 2.35. The molecule has 0 bridgehead atoms. The van der Waals surface area contributed by atoms with Crippen LogP contribution in [0.3, 0.4) is 0 Å². The summed E-state index contributed by atoms with van der Waals surface area (Å²) in [5, 5.41) is 0. The summed E-state index contributed by atoms with van der Waals surface area (Å²) in [7, 11) is 1.66. The number of ether oxygens (including phenoxy) is 1. The summed E-state index contributed by atoms with van der Waals surface area (Å²) in [6.07, 6.45) is 7.74. The van der Waals surface area contributed by atoms with Crippen molar-refractivity contribution in [3.05, 3.63) is 47.2 Å². The summed E-state index contributed by atoms with van der Waals surface area (Å²) in [6.45, 7) is 0. The number of nitrogens with zero attached hydrogens (tertiary/aromatic N) is 1. The Morgan fingerprint density at radius 2 is 2.15 bits per heavy atom. The first-order valence-corrected chi connectivity index (χ1v) is 8.36. The summed E-state index contributed by atoms with van der Waals surface area (Å²) in [6, 6.07) is 8.67. The van der Waals surface area contributed by atoms with Crippen LogP contribution < -0.4 is 4.74 Å². The van der Waals surface area contributed by atoms with Gasteiger partial charge in [0.25, 0.3) is 0 Å². The van der Waals surface area contributed by atoms with Gasteiger partial charge in [-0.25, -0.2) is 4.98 Å². The number of thioether (sulfide) groups is 1. The van der Waals surface area contributed by atoms with Gasteiger partial charge < -0.3 is 4.74 Å². The lowest BCUT2D eigenvalue weighted by molar-refractivity contribution is 0.398. The summed E-state index contributed by atoms with van der Waals surface area (Å²) in [4.78, 5) is 4.20. The highest BCUT2D eigenvalue weighted by atomic mass is 32.2. The Bertz CT molecular complexity index is 624. The van der Waals surface area contributed by atoms with Crippen LogP contribution in [0.15, 0.2) is 30.5 Å². The Morgan fingerprint density at radius 3 is 2.95 bits per heavy atom. The van der Waals surface area contributed by atoms with E-state index < -0.39 is 0 Å². The van der Waals surface area contributed by atoms with Gasteiger partial charge in [-0.2, -0.15) is 11.8 Å². The molecular weight excluding hydrogens is 266 g/mol. The van der Waals surface area contributed by atoms with Gasteiger partial charge in [0.2, 0.25) is 5.88 Å². The number of methoxy groups -OCH3 is 1. The molecule has 2 nitrogen and oxygen atoms in total. The second-order valence-corrected chi connectivity index (χ2v) is 5.97. The minimum atomic E-state index is 0.679. The van der Waals surface area contributed by atoms with Crippen LogP contribution in [0.5, 0.6) is 5.88 Å².